The molecule has 1 aliphatic rings. The summed E-state index contributed by atoms with van der Waals surface area (Å²) in [5.41, 5.74) is 0.917. The molecule has 2 heterocycles. The first kappa shape index (κ1) is 15.1. The molecule has 0 bridgehead atoms. The molecule has 0 saturated heterocycles. The van der Waals surface area contributed by atoms with E-state index in [0.29, 0.717) is 13.1 Å². The predicted molar refractivity (Wildman–Crippen MR) is 97.1 cm³/mol. The van der Waals surface area contributed by atoms with Crippen molar-refractivity contribution in [2.24, 2.45) is 5.92 Å². The highest BCUT2D eigenvalue weighted by Gasteiger charge is 2.28. The monoisotopic (exact) mass is 338 g/mol. The van der Waals surface area contributed by atoms with E-state index < -0.39 is 0 Å². The van der Waals surface area contributed by atoms with Crippen LogP contribution in [0.15, 0.2) is 41.8 Å². The van der Waals surface area contributed by atoms with E-state index in [1.54, 1.807) is 11.3 Å². The molecule has 1 saturated carbocycles. The first-order valence-electron chi connectivity index (χ1n) is 8.13. The lowest BCUT2D eigenvalue weighted by Gasteiger charge is -2.11. The number of carbonyl (C=O) groups excluding carboxylic acids is 1. The number of benzene rings is 1. The Morgan fingerprint density at radius 2 is 2.00 bits per heavy atom. The van der Waals surface area contributed by atoms with E-state index in [1.165, 1.54) is 0 Å². The Morgan fingerprint density at radius 3 is 2.79 bits per heavy atom. The van der Waals surface area contributed by atoms with Crippen LogP contribution < -0.4 is 10.6 Å². The smallest absolute Gasteiger partial charge is 0.223 e. The van der Waals surface area contributed by atoms with Gasteiger partial charge in [-0.3, -0.25) is 4.79 Å². The third-order valence-electron chi connectivity index (χ3n) is 4.01. The molecule has 0 aliphatic heterocycles. The van der Waals surface area contributed by atoms with Crippen LogP contribution in [-0.4, -0.2) is 29.0 Å². The summed E-state index contributed by atoms with van der Waals surface area (Å²) >= 11 is 1.63. The molecule has 122 valence electrons. The van der Waals surface area contributed by atoms with Gasteiger partial charge in [0.15, 0.2) is 5.82 Å². The predicted octanol–water partition coefficient (Wildman–Crippen LogP) is 3.30. The van der Waals surface area contributed by atoms with Crippen molar-refractivity contribution in [3.8, 4) is 10.7 Å². The summed E-state index contributed by atoms with van der Waals surface area (Å²) in [7, 11) is 0. The maximum absolute atomic E-state index is 11.7. The van der Waals surface area contributed by atoms with Crippen LogP contribution in [0.2, 0.25) is 0 Å². The number of nitrogens with zero attached hydrogens (tertiary/aromatic N) is 2. The first-order chi connectivity index (χ1) is 11.8. The minimum Gasteiger partial charge on any atom is -0.368 e. The second-order valence-electron chi connectivity index (χ2n) is 5.88. The molecule has 0 unspecified atom stereocenters. The maximum Gasteiger partial charge on any atom is 0.223 e. The van der Waals surface area contributed by atoms with Crippen molar-refractivity contribution in [3.05, 3.63) is 41.8 Å². The van der Waals surface area contributed by atoms with E-state index in [0.717, 1.165) is 40.3 Å². The Hall–Kier alpha value is -2.47. The molecule has 24 heavy (non-hydrogen) atoms. The topological polar surface area (TPSA) is 66.9 Å². The third kappa shape index (κ3) is 3.23. The normalized spacial score (nSPS) is 13.8. The fraction of sp³-hybridized carbons (Fsp3) is 0.278. The van der Waals surface area contributed by atoms with E-state index in [-0.39, 0.29) is 11.8 Å². The lowest BCUT2D eigenvalue weighted by atomic mass is 10.2. The molecule has 0 radical (unpaired) electrons. The highest BCUT2D eigenvalue weighted by molar-refractivity contribution is 7.13. The molecule has 2 aromatic heterocycles. The van der Waals surface area contributed by atoms with Gasteiger partial charge in [-0.1, -0.05) is 18.2 Å². The number of para-hydroxylation sites is 1. The first-order valence-corrected chi connectivity index (χ1v) is 9.01. The largest absolute Gasteiger partial charge is 0.368 e. The number of amides is 1. The summed E-state index contributed by atoms with van der Waals surface area (Å²) in [6, 6.07) is 12.0. The Morgan fingerprint density at radius 1 is 1.12 bits per heavy atom. The zero-order valence-electron chi connectivity index (χ0n) is 13.2. The van der Waals surface area contributed by atoms with Crippen molar-refractivity contribution >= 4 is 34.0 Å². The van der Waals surface area contributed by atoms with Crippen LogP contribution in [0.25, 0.3) is 21.6 Å². The van der Waals surface area contributed by atoms with Gasteiger partial charge >= 0.3 is 0 Å². The molecule has 1 aromatic carbocycles. The Kier molecular flexibility index (Phi) is 4.13. The van der Waals surface area contributed by atoms with Crippen molar-refractivity contribution in [3.63, 3.8) is 0 Å². The molecular weight excluding hydrogens is 320 g/mol. The number of aromatic nitrogens is 2. The van der Waals surface area contributed by atoms with Crippen LogP contribution in [0.5, 0.6) is 0 Å². The number of thiophene rings is 1. The zero-order chi connectivity index (χ0) is 16.4. The summed E-state index contributed by atoms with van der Waals surface area (Å²) in [6.45, 7) is 1.24. The quantitative estimate of drug-likeness (QED) is 0.677. The fourth-order valence-corrected chi connectivity index (χ4v) is 3.24. The molecular formula is C18H18N4OS. The number of fused-ring (bicyclic) bond motifs is 1. The van der Waals surface area contributed by atoms with E-state index in [1.807, 2.05) is 41.8 Å². The van der Waals surface area contributed by atoms with E-state index in [2.05, 4.69) is 20.6 Å². The molecule has 4 rings (SSSR count). The van der Waals surface area contributed by atoms with Crippen molar-refractivity contribution in [1.29, 1.82) is 0 Å². The lowest BCUT2D eigenvalue weighted by Crippen LogP contribution is -2.30. The van der Waals surface area contributed by atoms with Gasteiger partial charge in [0.1, 0.15) is 5.82 Å². The van der Waals surface area contributed by atoms with Crippen LogP contribution in [0.1, 0.15) is 12.8 Å². The van der Waals surface area contributed by atoms with Crippen LogP contribution in [0, 0.1) is 5.92 Å². The molecule has 1 fully saturated rings. The highest BCUT2D eigenvalue weighted by Crippen LogP contribution is 2.29. The molecule has 3 aromatic rings. The van der Waals surface area contributed by atoms with E-state index >= 15 is 0 Å². The number of rotatable bonds is 6. The highest BCUT2D eigenvalue weighted by atomic mass is 32.1. The number of hydrogen-bond acceptors (Lipinski definition) is 5. The van der Waals surface area contributed by atoms with Crippen LogP contribution in [0.4, 0.5) is 5.82 Å². The second-order valence-corrected chi connectivity index (χ2v) is 6.83. The Bertz CT molecular complexity index is 859. The molecule has 2 N–H and O–H groups in total. The third-order valence-corrected chi connectivity index (χ3v) is 4.88. The van der Waals surface area contributed by atoms with Gasteiger partial charge in [0, 0.05) is 24.4 Å². The lowest BCUT2D eigenvalue weighted by molar-refractivity contribution is -0.122. The van der Waals surface area contributed by atoms with Crippen LogP contribution >= 0.6 is 11.3 Å². The number of carbonyl (C=O) groups is 1. The van der Waals surface area contributed by atoms with E-state index in [9.17, 15) is 4.79 Å². The van der Waals surface area contributed by atoms with Gasteiger partial charge in [-0.25, -0.2) is 9.97 Å². The van der Waals surface area contributed by atoms with Crippen molar-refractivity contribution < 1.29 is 4.79 Å². The van der Waals surface area contributed by atoms with Gasteiger partial charge in [0.25, 0.3) is 0 Å². The minimum atomic E-state index is 0.170. The van der Waals surface area contributed by atoms with Crippen molar-refractivity contribution in [1.82, 2.24) is 15.3 Å². The summed E-state index contributed by atoms with van der Waals surface area (Å²) in [6.07, 6.45) is 2.06. The van der Waals surface area contributed by atoms with Crippen LogP contribution in [0.3, 0.4) is 0 Å². The maximum atomic E-state index is 11.7. The van der Waals surface area contributed by atoms with Gasteiger partial charge in [-0.05, 0) is 36.4 Å². The van der Waals surface area contributed by atoms with E-state index in [4.69, 9.17) is 0 Å². The molecule has 5 nitrogen and oxygen atoms in total. The van der Waals surface area contributed by atoms with Gasteiger partial charge in [0.05, 0.1) is 10.4 Å². The summed E-state index contributed by atoms with van der Waals surface area (Å²) < 4.78 is 0. The van der Waals surface area contributed by atoms with Crippen molar-refractivity contribution in [2.45, 2.75) is 12.8 Å². The van der Waals surface area contributed by atoms with Gasteiger partial charge in [-0.15, -0.1) is 11.3 Å². The molecule has 0 spiro atoms. The summed E-state index contributed by atoms with van der Waals surface area (Å²) in [4.78, 5) is 22.1. The molecule has 6 heteroatoms. The average molecular weight is 338 g/mol. The standard InChI is InChI=1S/C18H18N4OS/c23-18(12-7-8-12)20-10-9-19-16-13-4-1-2-5-14(13)21-17(22-16)15-6-3-11-24-15/h1-6,11-12H,7-10H2,(H,20,23)(H,19,21,22). The van der Waals surface area contributed by atoms with Gasteiger partial charge in [-0.2, -0.15) is 0 Å². The number of anilines is 1. The Balaban J connectivity index is 1.53. The number of nitrogens with one attached hydrogen (secondary N) is 2. The average Bonchev–Trinajstić information content (AvgIpc) is 3.32. The Labute approximate surface area is 144 Å². The minimum absolute atomic E-state index is 0.170. The molecule has 1 aliphatic carbocycles. The molecule has 1 amide bonds. The van der Waals surface area contributed by atoms with Crippen molar-refractivity contribution in [2.75, 3.05) is 18.4 Å². The summed E-state index contributed by atoms with van der Waals surface area (Å²) in [5, 5.41) is 9.32. The van der Waals surface area contributed by atoms with Gasteiger partial charge in [0.2, 0.25) is 5.91 Å². The fourth-order valence-electron chi connectivity index (χ4n) is 2.58. The molecule has 0 atom stereocenters. The second kappa shape index (κ2) is 6.57. The van der Waals surface area contributed by atoms with Gasteiger partial charge < -0.3 is 10.6 Å². The number of hydrogen-bond donors (Lipinski definition) is 2. The SMILES string of the molecule is O=C(NCCNc1nc(-c2cccs2)nc2ccccc12)C1CC1. The van der Waals surface area contributed by atoms with Crippen LogP contribution in [-0.2, 0) is 4.79 Å². The summed E-state index contributed by atoms with van der Waals surface area (Å²) in [5.74, 6) is 1.96. The zero-order valence-corrected chi connectivity index (χ0v) is 14.0.